The molecule has 1 saturated heterocycles. The zero-order chi connectivity index (χ0) is 24.8. The summed E-state index contributed by atoms with van der Waals surface area (Å²) in [7, 11) is 2.01. The molecule has 2 atom stereocenters. The molecule has 1 aromatic carbocycles. The van der Waals surface area contributed by atoms with Gasteiger partial charge in [-0.15, -0.1) is 0 Å². The van der Waals surface area contributed by atoms with Crippen molar-refractivity contribution in [2.75, 3.05) is 20.1 Å². The first-order valence-electron chi connectivity index (χ1n) is 12.1. The molecule has 1 aromatic heterocycles. The van der Waals surface area contributed by atoms with E-state index in [-0.39, 0.29) is 18.0 Å². The van der Waals surface area contributed by atoms with E-state index in [1.165, 1.54) is 0 Å². The van der Waals surface area contributed by atoms with Crippen LogP contribution in [0.2, 0.25) is 0 Å². The fourth-order valence-corrected chi connectivity index (χ4v) is 4.62. The van der Waals surface area contributed by atoms with Gasteiger partial charge in [-0.2, -0.15) is 5.10 Å². The topological polar surface area (TPSA) is 79.8 Å². The molecule has 0 spiro atoms. The number of piperidine rings is 1. The third kappa shape index (κ3) is 6.16. The van der Waals surface area contributed by atoms with E-state index in [0.29, 0.717) is 5.56 Å². The molecule has 1 aliphatic heterocycles. The Hall–Kier alpha value is -2.45. The lowest BCUT2D eigenvalue weighted by Crippen LogP contribution is -2.39. The fraction of sp³-hybridized carbons (Fsp3) is 0.500. The number of carbonyl (C=O) groups is 1. The Kier molecular flexibility index (Phi) is 9.08. The van der Waals surface area contributed by atoms with E-state index in [0.717, 1.165) is 66.2 Å². The number of carbonyl (C=O) groups excluding carboxylic acids is 1. The molecule has 0 saturated carbocycles. The summed E-state index contributed by atoms with van der Waals surface area (Å²) in [4.78, 5) is 22.5. The predicted octanol–water partition coefficient (Wildman–Crippen LogP) is 5.53. The average molecular weight is 530 g/mol. The van der Waals surface area contributed by atoms with Crippen LogP contribution in [-0.4, -0.2) is 57.5 Å². The summed E-state index contributed by atoms with van der Waals surface area (Å²) in [5.41, 5.74) is 8.76. The predicted molar refractivity (Wildman–Crippen MR) is 143 cm³/mol. The number of aromatic nitrogens is 2. The molecule has 7 nitrogen and oxygen atoms in total. The number of hydrogen-bond acceptors (Lipinski definition) is 4. The third-order valence-electron chi connectivity index (χ3n) is 6.34. The summed E-state index contributed by atoms with van der Waals surface area (Å²) in [5.74, 6) is 1.66. The Morgan fingerprint density at radius 2 is 2.15 bits per heavy atom. The summed E-state index contributed by atoms with van der Waals surface area (Å²) < 4.78 is 2.62. The second-order valence-electron chi connectivity index (χ2n) is 9.06. The number of aryl methyl sites for hydroxylation is 1. The first-order chi connectivity index (χ1) is 16.2. The van der Waals surface area contributed by atoms with Crippen molar-refractivity contribution in [1.29, 1.82) is 0 Å². The van der Waals surface area contributed by atoms with Gasteiger partial charge in [-0.3, -0.25) is 4.79 Å². The Bertz CT molecular complexity index is 1060. The average Bonchev–Trinajstić information content (AvgIpc) is 3.22. The Morgan fingerprint density at radius 1 is 1.38 bits per heavy atom. The summed E-state index contributed by atoms with van der Waals surface area (Å²) in [6, 6.07) is 7.93. The van der Waals surface area contributed by atoms with Gasteiger partial charge in [0.05, 0.1) is 17.3 Å². The maximum atomic E-state index is 13.6. The number of likely N-dealkylation sites (tertiary alicyclic amines) is 1. The molecular formula is C26H37BrN6O. The molecule has 0 radical (unpaired) electrons. The number of allylic oxidation sites excluding steroid dienone is 1. The molecule has 184 valence electrons. The van der Waals surface area contributed by atoms with Crippen LogP contribution in [-0.2, 0) is 0 Å². The Balaban J connectivity index is 1.93. The van der Waals surface area contributed by atoms with Gasteiger partial charge in [0.25, 0.3) is 5.91 Å². The van der Waals surface area contributed by atoms with E-state index in [9.17, 15) is 4.79 Å². The van der Waals surface area contributed by atoms with Crippen molar-refractivity contribution >= 4 is 39.7 Å². The van der Waals surface area contributed by atoms with E-state index in [1.807, 2.05) is 69.3 Å². The standard InChI is InChI=1S/C26H37BrN6O/c1-6-13-33-25(29-19(4)31(5)17-20(28)7-2)16-23(30-33)24-10-8-9-14-32(24)26(34)21-15-18(3)11-12-22(21)27/h6,11-13,15-16,20,24H,7-10,14,17,28H2,1-5H3/b13-6+,29-19+/t20-,24-/m0/s1. The normalized spacial score (nSPS) is 17.9. The number of rotatable bonds is 7. The van der Waals surface area contributed by atoms with Gasteiger partial charge in [0.1, 0.15) is 5.84 Å². The van der Waals surface area contributed by atoms with Gasteiger partial charge < -0.3 is 15.5 Å². The highest BCUT2D eigenvalue weighted by Gasteiger charge is 2.32. The second kappa shape index (κ2) is 11.8. The number of likely N-dealkylation sites (N-methyl/N-ethyl adjacent to an activating group) is 1. The van der Waals surface area contributed by atoms with Crippen LogP contribution in [0.1, 0.15) is 74.1 Å². The molecule has 2 aromatic rings. The van der Waals surface area contributed by atoms with Crippen LogP contribution in [0, 0.1) is 6.92 Å². The first-order valence-corrected chi connectivity index (χ1v) is 12.9. The second-order valence-corrected chi connectivity index (χ2v) is 9.91. The van der Waals surface area contributed by atoms with Crippen molar-refractivity contribution in [2.45, 2.75) is 65.5 Å². The number of halogens is 1. The van der Waals surface area contributed by atoms with Gasteiger partial charge in [0.15, 0.2) is 5.82 Å². The van der Waals surface area contributed by atoms with Crippen LogP contribution in [0.4, 0.5) is 5.82 Å². The molecule has 8 heteroatoms. The van der Waals surface area contributed by atoms with Crippen molar-refractivity contribution in [3.05, 3.63) is 51.6 Å². The highest BCUT2D eigenvalue weighted by Crippen LogP contribution is 2.34. The maximum absolute atomic E-state index is 13.6. The van der Waals surface area contributed by atoms with Gasteiger partial charge in [0.2, 0.25) is 0 Å². The molecule has 1 amide bonds. The van der Waals surface area contributed by atoms with E-state index < -0.39 is 0 Å². The fourth-order valence-electron chi connectivity index (χ4n) is 4.20. The third-order valence-corrected chi connectivity index (χ3v) is 7.04. The van der Waals surface area contributed by atoms with E-state index >= 15 is 0 Å². The number of amidine groups is 1. The summed E-state index contributed by atoms with van der Waals surface area (Å²) in [6.45, 7) is 9.50. The molecule has 34 heavy (non-hydrogen) atoms. The number of nitrogens with zero attached hydrogens (tertiary/aromatic N) is 5. The monoisotopic (exact) mass is 528 g/mol. The summed E-state index contributed by atoms with van der Waals surface area (Å²) in [6.07, 6.45) is 7.70. The van der Waals surface area contributed by atoms with Crippen molar-refractivity contribution in [3.63, 3.8) is 0 Å². The largest absolute Gasteiger partial charge is 0.362 e. The van der Waals surface area contributed by atoms with Gasteiger partial charge >= 0.3 is 0 Å². The smallest absolute Gasteiger partial charge is 0.255 e. The zero-order valence-corrected chi connectivity index (χ0v) is 22.5. The molecule has 1 fully saturated rings. The Morgan fingerprint density at radius 3 is 2.85 bits per heavy atom. The quantitative estimate of drug-likeness (QED) is 0.378. The minimum Gasteiger partial charge on any atom is -0.362 e. The van der Waals surface area contributed by atoms with Crippen molar-refractivity contribution in [2.24, 2.45) is 10.7 Å². The molecule has 2 N–H and O–H groups in total. The number of aliphatic imine (C=N–C) groups is 1. The maximum Gasteiger partial charge on any atom is 0.255 e. The lowest BCUT2D eigenvalue weighted by Gasteiger charge is -2.35. The first kappa shape index (κ1) is 26.2. The van der Waals surface area contributed by atoms with Crippen molar-refractivity contribution in [1.82, 2.24) is 19.6 Å². The van der Waals surface area contributed by atoms with E-state index in [1.54, 1.807) is 4.68 Å². The van der Waals surface area contributed by atoms with Gasteiger partial charge in [-0.05, 0) is 74.5 Å². The minimum atomic E-state index is -0.0827. The molecule has 0 unspecified atom stereocenters. The number of hydrogen-bond donors (Lipinski definition) is 1. The summed E-state index contributed by atoms with van der Waals surface area (Å²) >= 11 is 3.57. The van der Waals surface area contributed by atoms with Gasteiger partial charge in [-0.25, -0.2) is 9.67 Å². The molecule has 1 aliphatic rings. The van der Waals surface area contributed by atoms with Crippen LogP contribution in [0.3, 0.4) is 0 Å². The molecular weight excluding hydrogens is 492 g/mol. The molecule has 0 aliphatic carbocycles. The molecule has 3 rings (SSSR count). The van der Waals surface area contributed by atoms with Gasteiger partial charge in [-0.1, -0.05) is 24.6 Å². The summed E-state index contributed by atoms with van der Waals surface area (Å²) in [5, 5.41) is 4.85. The highest BCUT2D eigenvalue weighted by atomic mass is 79.9. The number of nitrogens with two attached hydrogens (primary N) is 1. The van der Waals surface area contributed by atoms with Crippen LogP contribution < -0.4 is 5.73 Å². The van der Waals surface area contributed by atoms with E-state index in [4.69, 9.17) is 15.8 Å². The van der Waals surface area contributed by atoms with Crippen molar-refractivity contribution < 1.29 is 4.79 Å². The SMILES string of the molecule is C/C=C/n1nc([C@@H]2CCCCN2C(=O)c2cc(C)ccc2Br)cc1/N=C(\C)N(C)C[C@@H](N)CC. The lowest BCUT2D eigenvalue weighted by atomic mass is 9.98. The zero-order valence-electron chi connectivity index (χ0n) is 21.0. The van der Waals surface area contributed by atoms with Crippen LogP contribution >= 0.6 is 15.9 Å². The van der Waals surface area contributed by atoms with Crippen molar-refractivity contribution in [3.8, 4) is 0 Å². The molecule has 0 bridgehead atoms. The number of amides is 1. The lowest BCUT2D eigenvalue weighted by molar-refractivity contribution is 0.0604. The van der Waals surface area contributed by atoms with Crippen LogP contribution in [0.25, 0.3) is 6.20 Å². The number of benzene rings is 1. The van der Waals surface area contributed by atoms with Crippen LogP contribution in [0.15, 0.2) is 39.8 Å². The molecule has 2 heterocycles. The Labute approximate surface area is 211 Å². The minimum absolute atomic E-state index is 0.0374. The van der Waals surface area contributed by atoms with Crippen LogP contribution in [0.5, 0.6) is 0 Å². The van der Waals surface area contributed by atoms with Gasteiger partial charge in [0, 0.05) is 42.9 Å². The highest BCUT2D eigenvalue weighted by molar-refractivity contribution is 9.10. The van der Waals surface area contributed by atoms with E-state index in [2.05, 4.69) is 27.8 Å².